The summed E-state index contributed by atoms with van der Waals surface area (Å²) in [6.07, 6.45) is 2.75. The van der Waals surface area contributed by atoms with Crippen LogP contribution in [0.15, 0.2) is 54.7 Å². The van der Waals surface area contributed by atoms with Crippen molar-refractivity contribution in [2.24, 2.45) is 0 Å². The lowest BCUT2D eigenvalue weighted by atomic mass is 10.0. The lowest BCUT2D eigenvalue weighted by molar-refractivity contribution is 0.414. The zero-order valence-electron chi connectivity index (χ0n) is 12.8. The number of methoxy groups -OCH3 is 1. The second kappa shape index (κ2) is 6.43. The monoisotopic (exact) mass is 293 g/mol. The number of nitrogens with zero attached hydrogens (tertiary/aromatic N) is 2. The Kier molecular flexibility index (Phi) is 4.19. The number of fused-ring (bicyclic) bond motifs is 1. The fraction of sp³-hybridized carbons (Fsp3) is 0.222. The molecule has 1 N–H and O–H groups in total. The summed E-state index contributed by atoms with van der Waals surface area (Å²) in [5.41, 5.74) is 3.01. The predicted octanol–water partition coefficient (Wildman–Crippen LogP) is 4.20. The van der Waals surface area contributed by atoms with E-state index in [2.05, 4.69) is 34.3 Å². The van der Waals surface area contributed by atoms with Crippen LogP contribution in [0.4, 0.5) is 5.82 Å². The molecular weight excluding hydrogens is 274 g/mol. The highest BCUT2D eigenvalue weighted by Gasteiger charge is 2.10. The second-order valence-corrected chi connectivity index (χ2v) is 5.12. The number of benzene rings is 2. The molecule has 2 aromatic carbocycles. The molecule has 3 rings (SSSR count). The van der Waals surface area contributed by atoms with Gasteiger partial charge >= 0.3 is 0 Å². The molecule has 0 spiro atoms. The first kappa shape index (κ1) is 14.3. The first-order valence-corrected chi connectivity index (χ1v) is 7.42. The van der Waals surface area contributed by atoms with E-state index in [1.807, 2.05) is 36.4 Å². The Bertz CT molecular complexity index is 756. The molecule has 22 heavy (non-hydrogen) atoms. The lowest BCUT2D eigenvalue weighted by Crippen LogP contribution is -2.11. The van der Waals surface area contributed by atoms with E-state index in [1.54, 1.807) is 13.3 Å². The van der Waals surface area contributed by atoms with Gasteiger partial charge in [0.25, 0.3) is 0 Å². The highest BCUT2D eigenvalue weighted by molar-refractivity contribution is 5.75. The van der Waals surface area contributed by atoms with Gasteiger partial charge in [0.1, 0.15) is 11.6 Å². The normalized spacial score (nSPS) is 12.1. The fourth-order valence-electron chi connectivity index (χ4n) is 2.46. The van der Waals surface area contributed by atoms with E-state index >= 15 is 0 Å². The number of aromatic nitrogens is 2. The summed E-state index contributed by atoms with van der Waals surface area (Å²) in [5, 5.41) is 3.46. The van der Waals surface area contributed by atoms with E-state index in [1.165, 1.54) is 5.56 Å². The standard InChI is InChI=1S/C18H19N3O/c1-3-15(13-8-10-14(22-2)11-9-13)20-18-12-19-16-6-4-5-7-17(16)21-18/h4-12,15H,3H2,1-2H3,(H,20,21). The number of hydrogen-bond donors (Lipinski definition) is 1. The van der Waals surface area contributed by atoms with Crippen molar-refractivity contribution in [2.45, 2.75) is 19.4 Å². The van der Waals surface area contributed by atoms with Crippen LogP contribution in [0.25, 0.3) is 11.0 Å². The minimum absolute atomic E-state index is 0.196. The second-order valence-electron chi connectivity index (χ2n) is 5.12. The van der Waals surface area contributed by atoms with Gasteiger partial charge in [0, 0.05) is 0 Å². The third kappa shape index (κ3) is 3.01. The summed E-state index contributed by atoms with van der Waals surface area (Å²) in [5.74, 6) is 1.66. The van der Waals surface area contributed by atoms with Crippen molar-refractivity contribution >= 4 is 16.9 Å². The molecule has 4 heteroatoms. The summed E-state index contributed by atoms with van der Waals surface area (Å²) in [4.78, 5) is 9.07. The van der Waals surface area contributed by atoms with Crippen molar-refractivity contribution in [2.75, 3.05) is 12.4 Å². The molecule has 0 aliphatic carbocycles. The number of ether oxygens (including phenoxy) is 1. The topological polar surface area (TPSA) is 47.0 Å². The number of nitrogens with one attached hydrogen (secondary N) is 1. The Balaban J connectivity index is 1.83. The molecule has 1 atom stereocenters. The average Bonchev–Trinajstić information content (AvgIpc) is 2.59. The van der Waals surface area contributed by atoms with E-state index < -0.39 is 0 Å². The predicted molar refractivity (Wildman–Crippen MR) is 89.2 cm³/mol. The SMILES string of the molecule is CCC(Nc1cnc2ccccc2n1)c1ccc(OC)cc1. The number of anilines is 1. The Morgan fingerprint density at radius 3 is 2.45 bits per heavy atom. The third-order valence-electron chi connectivity index (χ3n) is 3.70. The van der Waals surface area contributed by atoms with E-state index in [-0.39, 0.29) is 6.04 Å². The highest BCUT2D eigenvalue weighted by Crippen LogP contribution is 2.24. The molecule has 0 radical (unpaired) electrons. The molecular formula is C18H19N3O. The van der Waals surface area contributed by atoms with Crippen molar-refractivity contribution in [1.82, 2.24) is 9.97 Å². The summed E-state index contributed by atoms with van der Waals surface area (Å²) < 4.78 is 5.21. The summed E-state index contributed by atoms with van der Waals surface area (Å²) in [6, 6.07) is 16.2. The van der Waals surface area contributed by atoms with Gasteiger partial charge in [0.2, 0.25) is 0 Å². The molecule has 0 fully saturated rings. The van der Waals surface area contributed by atoms with Crippen molar-refractivity contribution in [3.63, 3.8) is 0 Å². The van der Waals surface area contributed by atoms with Crippen LogP contribution in [0.1, 0.15) is 24.9 Å². The maximum absolute atomic E-state index is 5.21. The zero-order valence-corrected chi connectivity index (χ0v) is 12.8. The smallest absolute Gasteiger partial charge is 0.145 e. The maximum Gasteiger partial charge on any atom is 0.145 e. The molecule has 0 saturated carbocycles. The molecule has 1 aromatic heterocycles. The molecule has 1 heterocycles. The first-order chi connectivity index (χ1) is 10.8. The average molecular weight is 293 g/mol. The molecule has 1 unspecified atom stereocenters. The first-order valence-electron chi connectivity index (χ1n) is 7.42. The van der Waals surface area contributed by atoms with Crippen LogP contribution >= 0.6 is 0 Å². The third-order valence-corrected chi connectivity index (χ3v) is 3.70. The van der Waals surface area contributed by atoms with Gasteiger partial charge in [0.05, 0.1) is 30.4 Å². The van der Waals surface area contributed by atoms with Gasteiger partial charge in [-0.3, -0.25) is 4.98 Å². The fourth-order valence-corrected chi connectivity index (χ4v) is 2.46. The van der Waals surface area contributed by atoms with E-state index in [9.17, 15) is 0 Å². The Morgan fingerprint density at radius 2 is 1.77 bits per heavy atom. The maximum atomic E-state index is 5.21. The number of hydrogen-bond acceptors (Lipinski definition) is 4. The molecule has 0 aliphatic heterocycles. The Morgan fingerprint density at radius 1 is 1.05 bits per heavy atom. The van der Waals surface area contributed by atoms with Crippen molar-refractivity contribution in [3.8, 4) is 5.75 Å². The highest BCUT2D eigenvalue weighted by atomic mass is 16.5. The quantitative estimate of drug-likeness (QED) is 0.765. The van der Waals surface area contributed by atoms with Crippen molar-refractivity contribution < 1.29 is 4.74 Å². The number of para-hydroxylation sites is 2. The van der Waals surface area contributed by atoms with Gasteiger partial charge < -0.3 is 10.1 Å². The summed E-state index contributed by atoms with van der Waals surface area (Å²) in [6.45, 7) is 2.15. The van der Waals surface area contributed by atoms with Gasteiger partial charge in [0.15, 0.2) is 0 Å². The zero-order chi connectivity index (χ0) is 15.4. The van der Waals surface area contributed by atoms with E-state index in [0.29, 0.717) is 0 Å². The van der Waals surface area contributed by atoms with Gasteiger partial charge in [-0.2, -0.15) is 0 Å². The van der Waals surface area contributed by atoms with Crippen LogP contribution in [-0.4, -0.2) is 17.1 Å². The van der Waals surface area contributed by atoms with Gasteiger partial charge in [-0.05, 0) is 36.2 Å². The van der Waals surface area contributed by atoms with Crippen LogP contribution in [0, 0.1) is 0 Å². The van der Waals surface area contributed by atoms with E-state index in [4.69, 9.17) is 4.74 Å². The largest absolute Gasteiger partial charge is 0.497 e. The Hall–Kier alpha value is -2.62. The molecule has 0 amide bonds. The molecule has 0 bridgehead atoms. The van der Waals surface area contributed by atoms with Gasteiger partial charge in [-0.1, -0.05) is 31.2 Å². The Labute approximate surface area is 130 Å². The molecule has 0 saturated heterocycles. The summed E-state index contributed by atoms with van der Waals surface area (Å²) >= 11 is 0. The van der Waals surface area contributed by atoms with Crippen LogP contribution in [0.2, 0.25) is 0 Å². The van der Waals surface area contributed by atoms with Crippen LogP contribution in [0.5, 0.6) is 5.75 Å². The van der Waals surface area contributed by atoms with Crippen LogP contribution in [-0.2, 0) is 0 Å². The molecule has 3 aromatic rings. The van der Waals surface area contributed by atoms with Gasteiger partial charge in [-0.15, -0.1) is 0 Å². The lowest BCUT2D eigenvalue weighted by Gasteiger charge is -2.18. The van der Waals surface area contributed by atoms with Crippen LogP contribution in [0.3, 0.4) is 0 Å². The van der Waals surface area contributed by atoms with Crippen LogP contribution < -0.4 is 10.1 Å². The molecule has 0 aliphatic rings. The minimum Gasteiger partial charge on any atom is -0.497 e. The van der Waals surface area contributed by atoms with Crippen molar-refractivity contribution in [1.29, 1.82) is 0 Å². The minimum atomic E-state index is 0.196. The van der Waals surface area contributed by atoms with Gasteiger partial charge in [-0.25, -0.2) is 4.98 Å². The molecule has 4 nitrogen and oxygen atoms in total. The van der Waals surface area contributed by atoms with Crippen molar-refractivity contribution in [3.05, 3.63) is 60.3 Å². The molecule has 112 valence electrons. The summed E-state index contributed by atoms with van der Waals surface area (Å²) in [7, 11) is 1.68. The van der Waals surface area contributed by atoms with E-state index in [0.717, 1.165) is 29.0 Å². The number of rotatable bonds is 5.